The molecule has 2 aromatic carbocycles. The topological polar surface area (TPSA) is 48.4 Å². The number of aromatic nitrogens is 1. The number of nitrogens with zero attached hydrogens (tertiary/aromatic N) is 1. The van der Waals surface area contributed by atoms with Crippen LogP contribution in [0.2, 0.25) is 0 Å². The average Bonchev–Trinajstić information content (AvgIpc) is 3.01. The van der Waals surface area contributed by atoms with Gasteiger partial charge in [0.1, 0.15) is 12.4 Å². The molecule has 0 aliphatic carbocycles. The lowest BCUT2D eigenvalue weighted by Gasteiger charge is -2.03. The molecule has 6 heteroatoms. The number of fused-ring (bicyclic) bond motifs is 1. The molecule has 0 saturated carbocycles. The van der Waals surface area contributed by atoms with Gasteiger partial charge in [0.05, 0.1) is 22.6 Å². The van der Waals surface area contributed by atoms with Gasteiger partial charge in [0.15, 0.2) is 4.34 Å². The Morgan fingerprint density at radius 3 is 2.83 bits per heavy atom. The van der Waals surface area contributed by atoms with Gasteiger partial charge in [0, 0.05) is 0 Å². The summed E-state index contributed by atoms with van der Waals surface area (Å²) in [5.41, 5.74) is 1.91. The molecule has 0 aliphatic heterocycles. The van der Waals surface area contributed by atoms with Crippen molar-refractivity contribution in [2.75, 3.05) is 12.4 Å². The van der Waals surface area contributed by atoms with Gasteiger partial charge in [-0.05, 0) is 30.7 Å². The van der Waals surface area contributed by atoms with Crippen molar-refractivity contribution in [3.05, 3.63) is 54.1 Å². The summed E-state index contributed by atoms with van der Waals surface area (Å²) in [5.74, 6) is 0.857. The largest absolute Gasteiger partial charge is 0.494 e. The van der Waals surface area contributed by atoms with Crippen LogP contribution >= 0.6 is 23.1 Å². The number of carbonyl (C=O) groups is 1. The minimum atomic E-state index is -0.238. The summed E-state index contributed by atoms with van der Waals surface area (Å²) < 4.78 is 12.7. The van der Waals surface area contributed by atoms with Gasteiger partial charge in [-0.3, -0.25) is 4.79 Å². The van der Waals surface area contributed by atoms with E-state index in [9.17, 15) is 4.79 Å². The summed E-state index contributed by atoms with van der Waals surface area (Å²) in [7, 11) is 0. The third-order valence-corrected chi connectivity index (χ3v) is 5.34. The van der Waals surface area contributed by atoms with E-state index in [0.717, 1.165) is 25.9 Å². The van der Waals surface area contributed by atoms with Gasteiger partial charge in [-0.15, -0.1) is 11.3 Å². The molecule has 0 atom stereocenters. The predicted octanol–water partition coefficient (Wildman–Crippen LogP) is 4.53. The molecule has 1 aromatic heterocycles. The molecule has 124 valence electrons. The molecule has 0 saturated heterocycles. The second kappa shape index (κ2) is 8.17. The molecule has 3 rings (SSSR count). The van der Waals surface area contributed by atoms with Gasteiger partial charge < -0.3 is 9.47 Å². The van der Waals surface area contributed by atoms with E-state index in [2.05, 4.69) is 4.98 Å². The second-order valence-electron chi connectivity index (χ2n) is 4.98. The molecule has 3 aromatic rings. The van der Waals surface area contributed by atoms with Crippen molar-refractivity contribution in [2.45, 2.75) is 17.9 Å². The van der Waals surface area contributed by atoms with Gasteiger partial charge >= 0.3 is 5.97 Å². The number of ether oxygens (including phenoxy) is 2. The number of thiazole rings is 1. The van der Waals surface area contributed by atoms with E-state index < -0.39 is 0 Å². The first-order valence-corrected chi connectivity index (χ1v) is 9.40. The fraction of sp³-hybridized carbons (Fsp3) is 0.222. The maximum atomic E-state index is 11.9. The zero-order chi connectivity index (χ0) is 16.8. The van der Waals surface area contributed by atoms with Crippen LogP contribution < -0.4 is 4.74 Å². The van der Waals surface area contributed by atoms with Crippen molar-refractivity contribution < 1.29 is 14.3 Å². The monoisotopic (exact) mass is 359 g/mol. The first kappa shape index (κ1) is 16.8. The molecule has 0 amide bonds. The van der Waals surface area contributed by atoms with E-state index in [1.165, 1.54) is 11.8 Å². The van der Waals surface area contributed by atoms with Crippen LogP contribution in [-0.4, -0.2) is 23.3 Å². The van der Waals surface area contributed by atoms with Crippen LogP contribution in [0.25, 0.3) is 10.2 Å². The molecule has 0 radical (unpaired) electrons. The number of hydrogen-bond donors (Lipinski definition) is 0. The summed E-state index contributed by atoms with van der Waals surface area (Å²) >= 11 is 2.96. The standard InChI is InChI=1S/C18H17NO3S2/c1-2-21-14-8-9-15-16(10-14)24-18(19-15)23-12-17(20)22-11-13-6-4-3-5-7-13/h3-10H,2,11-12H2,1H3. The Balaban J connectivity index is 1.54. The molecule has 0 fully saturated rings. The molecule has 0 unspecified atom stereocenters. The lowest BCUT2D eigenvalue weighted by molar-refractivity contribution is -0.141. The Bertz CT molecular complexity index is 818. The van der Waals surface area contributed by atoms with Gasteiger partial charge in [-0.1, -0.05) is 42.1 Å². The highest BCUT2D eigenvalue weighted by molar-refractivity contribution is 8.01. The van der Waals surface area contributed by atoms with Crippen LogP contribution in [0.4, 0.5) is 0 Å². The van der Waals surface area contributed by atoms with Crippen molar-refractivity contribution in [2.24, 2.45) is 0 Å². The Hall–Kier alpha value is -2.05. The number of thioether (sulfide) groups is 1. The van der Waals surface area contributed by atoms with Gasteiger partial charge in [0.25, 0.3) is 0 Å². The van der Waals surface area contributed by atoms with E-state index in [1.54, 1.807) is 11.3 Å². The molecule has 0 spiro atoms. The maximum absolute atomic E-state index is 11.9. The number of esters is 1. The fourth-order valence-corrected chi connectivity index (χ4v) is 4.00. The highest BCUT2D eigenvalue weighted by Crippen LogP contribution is 2.31. The molecule has 4 nitrogen and oxygen atoms in total. The highest BCUT2D eigenvalue weighted by atomic mass is 32.2. The lowest BCUT2D eigenvalue weighted by atomic mass is 10.2. The van der Waals surface area contributed by atoms with Crippen molar-refractivity contribution >= 4 is 39.3 Å². The third-order valence-electron chi connectivity index (χ3n) is 3.21. The molecule has 0 bridgehead atoms. The Morgan fingerprint density at radius 1 is 1.21 bits per heavy atom. The Kier molecular flexibility index (Phi) is 5.72. The van der Waals surface area contributed by atoms with Crippen molar-refractivity contribution in [3.63, 3.8) is 0 Å². The molecular formula is C18H17NO3S2. The predicted molar refractivity (Wildman–Crippen MR) is 97.8 cm³/mol. The maximum Gasteiger partial charge on any atom is 0.316 e. The van der Waals surface area contributed by atoms with E-state index in [1.807, 2.05) is 55.5 Å². The number of rotatable bonds is 7. The summed E-state index contributed by atoms with van der Waals surface area (Å²) in [6, 6.07) is 15.5. The second-order valence-corrected chi connectivity index (χ2v) is 7.23. The van der Waals surface area contributed by atoms with E-state index in [0.29, 0.717) is 13.2 Å². The molecule has 0 N–H and O–H groups in total. The Labute approximate surface area is 148 Å². The number of hydrogen-bond acceptors (Lipinski definition) is 6. The lowest BCUT2D eigenvalue weighted by Crippen LogP contribution is -2.07. The molecule has 24 heavy (non-hydrogen) atoms. The minimum Gasteiger partial charge on any atom is -0.494 e. The zero-order valence-electron chi connectivity index (χ0n) is 13.2. The summed E-state index contributed by atoms with van der Waals surface area (Å²) in [6.45, 7) is 2.90. The summed E-state index contributed by atoms with van der Waals surface area (Å²) in [6.07, 6.45) is 0. The highest BCUT2D eigenvalue weighted by Gasteiger charge is 2.09. The fourth-order valence-electron chi connectivity index (χ4n) is 2.10. The zero-order valence-corrected chi connectivity index (χ0v) is 14.9. The first-order chi connectivity index (χ1) is 11.7. The van der Waals surface area contributed by atoms with Crippen molar-refractivity contribution in [1.82, 2.24) is 4.98 Å². The van der Waals surface area contributed by atoms with Gasteiger partial charge in [-0.25, -0.2) is 4.98 Å². The summed E-state index contributed by atoms with van der Waals surface area (Å²) in [4.78, 5) is 16.4. The normalized spacial score (nSPS) is 10.7. The van der Waals surface area contributed by atoms with Crippen LogP contribution in [-0.2, 0) is 16.1 Å². The Morgan fingerprint density at radius 2 is 2.04 bits per heavy atom. The smallest absolute Gasteiger partial charge is 0.316 e. The van der Waals surface area contributed by atoms with Crippen LogP contribution in [0, 0.1) is 0 Å². The summed E-state index contributed by atoms with van der Waals surface area (Å²) in [5, 5.41) is 0. The molecule has 1 heterocycles. The number of carbonyl (C=O) groups excluding carboxylic acids is 1. The van der Waals surface area contributed by atoms with Crippen molar-refractivity contribution in [1.29, 1.82) is 0 Å². The quantitative estimate of drug-likeness (QED) is 0.458. The van der Waals surface area contributed by atoms with E-state index in [4.69, 9.17) is 9.47 Å². The van der Waals surface area contributed by atoms with Gasteiger partial charge in [0.2, 0.25) is 0 Å². The van der Waals surface area contributed by atoms with Crippen LogP contribution in [0.1, 0.15) is 12.5 Å². The van der Waals surface area contributed by atoms with Gasteiger partial charge in [-0.2, -0.15) is 0 Å². The van der Waals surface area contributed by atoms with Crippen LogP contribution in [0.5, 0.6) is 5.75 Å². The third kappa shape index (κ3) is 4.49. The van der Waals surface area contributed by atoms with Crippen LogP contribution in [0.15, 0.2) is 52.9 Å². The minimum absolute atomic E-state index is 0.238. The van der Waals surface area contributed by atoms with Crippen molar-refractivity contribution in [3.8, 4) is 5.75 Å². The number of benzene rings is 2. The van der Waals surface area contributed by atoms with Crippen LogP contribution in [0.3, 0.4) is 0 Å². The molecular weight excluding hydrogens is 342 g/mol. The molecule has 0 aliphatic rings. The average molecular weight is 359 g/mol. The van der Waals surface area contributed by atoms with E-state index >= 15 is 0 Å². The first-order valence-electron chi connectivity index (χ1n) is 7.60. The van der Waals surface area contributed by atoms with E-state index in [-0.39, 0.29) is 11.7 Å². The SMILES string of the molecule is CCOc1ccc2nc(SCC(=O)OCc3ccccc3)sc2c1.